The third-order valence-electron chi connectivity index (χ3n) is 0.740. The number of carbonyl (C=O) groups is 1. The van der Waals surface area contributed by atoms with Crippen molar-refractivity contribution in [3.8, 4) is 0 Å². The summed E-state index contributed by atoms with van der Waals surface area (Å²) in [5, 5.41) is 0. The van der Waals surface area contributed by atoms with Crippen LogP contribution in [0, 0.1) is 0 Å². The van der Waals surface area contributed by atoms with Crippen LogP contribution < -0.4 is 0 Å². The van der Waals surface area contributed by atoms with Crippen molar-refractivity contribution in [3.63, 3.8) is 0 Å². The van der Waals surface area contributed by atoms with Crippen LogP contribution in [0.5, 0.6) is 0 Å². The monoisotopic (exact) mass is 166 g/mol. The Balaban J connectivity index is 3.43. The van der Waals surface area contributed by atoms with E-state index in [-0.39, 0.29) is 12.1 Å². The Morgan fingerprint density at radius 3 is 2.11 bits per heavy atom. The van der Waals surface area contributed by atoms with E-state index in [0.717, 1.165) is 0 Å². The van der Waals surface area contributed by atoms with Crippen molar-refractivity contribution >= 4 is 31.2 Å². The summed E-state index contributed by atoms with van der Waals surface area (Å²) in [6, 6.07) is 0. The summed E-state index contributed by atoms with van der Waals surface area (Å²) in [6.45, 7) is 1.37. The van der Waals surface area contributed by atoms with E-state index in [1.54, 1.807) is 0 Å². The molecule has 0 aromatic carbocycles. The minimum absolute atomic E-state index is 0.144. The van der Waals surface area contributed by atoms with Gasteiger partial charge in [-0.25, -0.2) is 0 Å². The van der Waals surface area contributed by atoms with E-state index in [9.17, 15) is 4.79 Å². The van der Waals surface area contributed by atoms with Gasteiger partial charge in [-0.3, -0.25) is 4.79 Å². The van der Waals surface area contributed by atoms with Crippen LogP contribution in [0.2, 0.25) is 0 Å². The van der Waals surface area contributed by atoms with Gasteiger partial charge in [0.2, 0.25) is 0 Å². The van der Waals surface area contributed by atoms with Crippen LogP contribution in [0.15, 0.2) is 0 Å². The second kappa shape index (κ2) is 4.99. The van der Waals surface area contributed by atoms with Crippen molar-refractivity contribution in [1.82, 2.24) is 0 Å². The quantitative estimate of drug-likeness (QED) is 0.478. The molecule has 0 amide bonds. The molecule has 0 spiro atoms. The van der Waals surface area contributed by atoms with Gasteiger partial charge >= 0.3 is 5.97 Å². The Kier molecular flexibility index (Phi) is 5.09. The van der Waals surface area contributed by atoms with Crippen LogP contribution >= 0.6 is 25.3 Å². The van der Waals surface area contributed by atoms with Crippen LogP contribution in [0.25, 0.3) is 0 Å². The first kappa shape index (κ1) is 9.17. The van der Waals surface area contributed by atoms with Crippen molar-refractivity contribution in [2.75, 3.05) is 11.5 Å². The van der Waals surface area contributed by atoms with Gasteiger partial charge in [0.25, 0.3) is 0 Å². The number of carbonyl (C=O) groups excluding carboxylic acids is 1. The molecule has 9 heavy (non-hydrogen) atoms. The molecule has 4 heteroatoms. The summed E-state index contributed by atoms with van der Waals surface area (Å²) in [5.74, 6) is 0.787. The van der Waals surface area contributed by atoms with E-state index in [0.29, 0.717) is 11.5 Å². The smallest absolute Gasteiger partial charge is 0.302 e. The van der Waals surface area contributed by atoms with E-state index in [1.165, 1.54) is 6.92 Å². The number of rotatable bonds is 3. The fourth-order valence-electron chi connectivity index (χ4n) is 0.367. The zero-order chi connectivity index (χ0) is 7.28. The summed E-state index contributed by atoms with van der Waals surface area (Å²) in [5.41, 5.74) is 0. The minimum atomic E-state index is -0.275. The lowest BCUT2D eigenvalue weighted by Gasteiger charge is -2.10. The predicted molar refractivity (Wildman–Crippen MR) is 43.3 cm³/mol. The molecule has 0 unspecified atom stereocenters. The van der Waals surface area contributed by atoms with Crippen molar-refractivity contribution in [3.05, 3.63) is 0 Å². The minimum Gasteiger partial charge on any atom is -0.461 e. The van der Waals surface area contributed by atoms with Gasteiger partial charge < -0.3 is 4.74 Å². The van der Waals surface area contributed by atoms with Crippen molar-refractivity contribution in [2.45, 2.75) is 13.0 Å². The molecule has 0 saturated heterocycles. The molecular formula is C5H10O2S2. The van der Waals surface area contributed by atoms with E-state index < -0.39 is 0 Å². The second-order valence-corrected chi connectivity index (χ2v) is 2.33. The molecule has 0 aromatic heterocycles. The Hall–Kier alpha value is 0.170. The van der Waals surface area contributed by atoms with Gasteiger partial charge in [-0.05, 0) is 0 Å². The van der Waals surface area contributed by atoms with Crippen LogP contribution in [0.3, 0.4) is 0 Å². The first-order valence-electron chi connectivity index (χ1n) is 2.59. The number of hydrogen-bond acceptors (Lipinski definition) is 4. The van der Waals surface area contributed by atoms with E-state index in [4.69, 9.17) is 4.74 Å². The lowest BCUT2D eigenvalue weighted by atomic mass is 10.5. The topological polar surface area (TPSA) is 26.3 Å². The largest absolute Gasteiger partial charge is 0.461 e. The molecule has 2 nitrogen and oxygen atoms in total. The van der Waals surface area contributed by atoms with Crippen LogP contribution in [-0.2, 0) is 9.53 Å². The zero-order valence-corrected chi connectivity index (χ0v) is 6.99. The molecule has 0 radical (unpaired) electrons. The number of hydrogen-bond donors (Lipinski definition) is 2. The van der Waals surface area contributed by atoms with Gasteiger partial charge in [0.05, 0.1) is 0 Å². The molecule has 0 aliphatic rings. The first-order valence-corrected chi connectivity index (χ1v) is 3.86. The highest BCUT2D eigenvalue weighted by Gasteiger charge is 2.05. The Morgan fingerprint density at radius 2 is 2.00 bits per heavy atom. The highest BCUT2D eigenvalue weighted by Crippen LogP contribution is 1.97. The summed E-state index contributed by atoms with van der Waals surface area (Å²) < 4.78 is 4.76. The maximum Gasteiger partial charge on any atom is 0.302 e. The second-order valence-electron chi connectivity index (χ2n) is 1.60. The van der Waals surface area contributed by atoms with Gasteiger partial charge in [0, 0.05) is 18.4 Å². The van der Waals surface area contributed by atoms with Gasteiger partial charge in [0.1, 0.15) is 6.10 Å². The molecule has 0 aromatic rings. The molecule has 0 bridgehead atoms. The van der Waals surface area contributed by atoms with Crippen molar-refractivity contribution in [1.29, 1.82) is 0 Å². The molecule has 0 saturated carbocycles. The molecule has 0 fully saturated rings. The Bertz CT molecular complexity index is 91.0. The Morgan fingerprint density at radius 1 is 1.56 bits per heavy atom. The van der Waals surface area contributed by atoms with Crippen LogP contribution in [0.1, 0.15) is 6.92 Å². The molecule has 0 aliphatic carbocycles. The summed E-state index contributed by atoms with van der Waals surface area (Å²) in [7, 11) is 0. The molecule has 0 rings (SSSR count). The highest BCUT2D eigenvalue weighted by atomic mass is 32.1. The third kappa shape index (κ3) is 4.66. The highest BCUT2D eigenvalue weighted by molar-refractivity contribution is 7.81. The van der Waals surface area contributed by atoms with Crippen molar-refractivity contribution < 1.29 is 9.53 Å². The van der Waals surface area contributed by atoms with Gasteiger partial charge in [0.15, 0.2) is 0 Å². The normalized spacial score (nSPS) is 9.78. The molecule has 0 heterocycles. The maximum absolute atomic E-state index is 10.3. The fraction of sp³-hybridized carbons (Fsp3) is 0.800. The molecule has 54 valence electrons. The zero-order valence-electron chi connectivity index (χ0n) is 5.20. The van der Waals surface area contributed by atoms with E-state index in [1.807, 2.05) is 0 Å². The van der Waals surface area contributed by atoms with Gasteiger partial charge in [-0.1, -0.05) is 0 Å². The molecule has 0 atom stereocenters. The SMILES string of the molecule is CC(=O)OC(CS)CS. The van der Waals surface area contributed by atoms with Crippen molar-refractivity contribution in [2.24, 2.45) is 0 Å². The lowest BCUT2D eigenvalue weighted by molar-refractivity contribution is -0.144. The average molecular weight is 166 g/mol. The van der Waals surface area contributed by atoms with E-state index >= 15 is 0 Å². The standard InChI is InChI=1S/C5H10O2S2/c1-4(6)7-5(2-8)3-9/h5,8-9H,2-3H2,1H3. The van der Waals surface area contributed by atoms with Crippen LogP contribution in [-0.4, -0.2) is 23.6 Å². The third-order valence-corrected chi connectivity index (χ3v) is 1.55. The summed E-state index contributed by atoms with van der Waals surface area (Å²) >= 11 is 7.89. The summed E-state index contributed by atoms with van der Waals surface area (Å²) in [4.78, 5) is 10.3. The predicted octanol–water partition coefficient (Wildman–Crippen LogP) is 0.778. The van der Waals surface area contributed by atoms with Crippen LogP contribution in [0.4, 0.5) is 0 Å². The number of ether oxygens (including phenoxy) is 1. The van der Waals surface area contributed by atoms with Gasteiger partial charge in [-0.2, -0.15) is 25.3 Å². The molecule has 0 N–H and O–H groups in total. The number of esters is 1. The number of thiol groups is 2. The van der Waals surface area contributed by atoms with E-state index in [2.05, 4.69) is 25.3 Å². The average Bonchev–Trinajstić information content (AvgIpc) is 1.82. The molecular weight excluding hydrogens is 156 g/mol. The van der Waals surface area contributed by atoms with Gasteiger partial charge in [-0.15, -0.1) is 0 Å². The summed E-state index contributed by atoms with van der Waals surface area (Å²) in [6.07, 6.45) is -0.144. The fourth-order valence-corrected chi connectivity index (χ4v) is 0.978. The first-order chi connectivity index (χ1) is 4.20. The lowest BCUT2D eigenvalue weighted by Crippen LogP contribution is -2.19. The molecule has 0 aliphatic heterocycles. The maximum atomic E-state index is 10.3. The Labute approximate surface area is 65.8 Å².